The second-order valence-corrected chi connectivity index (χ2v) is 4.99. The number of rotatable bonds is 7. The van der Waals surface area contributed by atoms with E-state index in [9.17, 15) is 4.39 Å². The summed E-state index contributed by atoms with van der Waals surface area (Å²) in [6.45, 7) is 5.28. The van der Waals surface area contributed by atoms with Gasteiger partial charge in [0.25, 0.3) is 0 Å². The van der Waals surface area contributed by atoms with Gasteiger partial charge in [-0.2, -0.15) is 0 Å². The van der Waals surface area contributed by atoms with Gasteiger partial charge in [0.05, 0.1) is 23.2 Å². The molecule has 0 aliphatic heterocycles. The molecular formula is C13H21ClFN3O. The minimum Gasteiger partial charge on any atom is -0.397 e. The lowest BCUT2D eigenvalue weighted by Crippen LogP contribution is -2.10. The molecule has 0 aromatic heterocycles. The molecule has 0 amide bonds. The molecule has 0 radical (unpaired) electrons. The van der Waals surface area contributed by atoms with Crippen molar-refractivity contribution < 1.29 is 9.13 Å². The van der Waals surface area contributed by atoms with Gasteiger partial charge < -0.3 is 21.5 Å². The summed E-state index contributed by atoms with van der Waals surface area (Å²) in [4.78, 5) is 0. The Hall–Kier alpha value is -1.20. The topological polar surface area (TPSA) is 73.3 Å². The fourth-order valence-electron chi connectivity index (χ4n) is 1.61. The molecule has 108 valence electrons. The highest BCUT2D eigenvalue weighted by atomic mass is 35.5. The van der Waals surface area contributed by atoms with E-state index in [0.717, 1.165) is 12.8 Å². The van der Waals surface area contributed by atoms with Gasteiger partial charge in [0.15, 0.2) is 5.82 Å². The van der Waals surface area contributed by atoms with Gasteiger partial charge in [-0.1, -0.05) is 11.6 Å². The number of halogens is 2. The van der Waals surface area contributed by atoms with E-state index in [1.54, 1.807) is 0 Å². The van der Waals surface area contributed by atoms with Crippen molar-refractivity contribution in [3.05, 3.63) is 16.9 Å². The van der Waals surface area contributed by atoms with Crippen molar-refractivity contribution in [3.63, 3.8) is 0 Å². The highest BCUT2D eigenvalue weighted by Crippen LogP contribution is 2.33. The monoisotopic (exact) mass is 289 g/mol. The summed E-state index contributed by atoms with van der Waals surface area (Å²) in [7, 11) is 0. The summed E-state index contributed by atoms with van der Waals surface area (Å²) in [6.07, 6.45) is 1.99. The van der Waals surface area contributed by atoms with Crippen LogP contribution in [-0.2, 0) is 4.74 Å². The van der Waals surface area contributed by atoms with Crippen molar-refractivity contribution in [1.82, 2.24) is 0 Å². The van der Waals surface area contributed by atoms with Crippen LogP contribution in [0.4, 0.5) is 21.5 Å². The van der Waals surface area contributed by atoms with Crippen LogP contribution >= 0.6 is 11.6 Å². The number of ether oxygens (including phenoxy) is 1. The molecule has 0 spiro atoms. The molecule has 1 aromatic rings. The second-order valence-electron chi connectivity index (χ2n) is 4.61. The third kappa shape index (κ3) is 4.76. The lowest BCUT2D eigenvalue weighted by atomic mass is 10.2. The molecule has 0 atom stereocenters. The zero-order valence-corrected chi connectivity index (χ0v) is 12.1. The SMILES string of the molecule is CC(C)OCCCCNc1c(N)cc(N)c(Cl)c1F. The van der Waals surface area contributed by atoms with Gasteiger partial charge in [0.1, 0.15) is 5.02 Å². The van der Waals surface area contributed by atoms with E-state index in [4.69, 9.17) is 27.8 Å². The number of nitrogen functional groups attached to an aromatic ring is 2. The lowest BCUT2D eigenvalue weighted by molar-refractivity contribution is 0.0765. The zero-order valence-electron chi connectivity index (χ0n) is 11.3. The fourth-order valence-corrected chi connectivity index (χ4v) is 1.75. The van der Waals surface area contributed by atoms with Crippen LogP contribution < -0.4 is 16.8 Å². The molecule has 0 heterocycles. The standard InChI is InChI=1S/C13H21ClFN3O/c1-8(2)19-6-4-3-5-18-13-10(17)7-9(16)11(14)12(13)15/h7-8,18H,3-6,16-17H2,1-2H3. The minimum absolute atomic E-state index is 0.0974. The van der Waals surface area contributed by atoms with Crippen molar-refractivity contribution >= 4 is 28.7 Å². The Balaban J connectivity index is 2.44. The van der Waals surface area contributed by atoms with Crippen molar-refractivity contribution in [2.45, 2.75) is 32.8 Å². The minimum atomic E-state index is -0.599. The summed E-state index contributed by atoms with van der Waals surface area (Å²) in [5, 5.41) is 2.84. The van der Waals surface area contributed by atoms with Crippen LogP contribution in [0.1, 0.15) is 26.7 Å². The largest absolute Gasteiger partial charge is 0.397 e. The van der Waals surface area contributed by atoms with Gasteiger partial charge >= 0.3 is 0 Å². The molecule has 1 rings (SSSR count). The Morgan fingerprint density at radius 1 is 1.32 bits per heavy atom. The maximum absolute atomic E-state index is 13.8. The number of anilines is 3. The molecule has 0 bridgehead atoms. The van der Waals surface area contributed by atoms with Crippen LogP contribution in [0, 0.1) is 5.82 Å². The average Bonchev–Trinajstić information content (AvgIpc) is 2.34. The first kappa shape index (κ1) is 15.9. The summed E-state index contributed by atoms with van der Waals surface area (Å²) in [5.41, 5.74) is 11.8. The van der Waals surface area contributed by atoms with E-state index in [1.807, 2.05) is 13.8 Å². The Bertz CT molecular complexity index is 427. The Morgan fingerprint density at radius 3 is 2.63 bits per heavy atom. The molecule has 0 saturated heterocycles. The summed E-state index contributed by atoms with van der Waals surface area (Å²) < 4.78 is 19.2. The molecule has 1 aromatic carbocycles. The molecule has 0 aliphatic carbocycles. The summed E-state index contributed by atoms with van der Waals surface area (Å²) >= 11 is 5.74. The Morgan fingerprint density at radius 2 is 2.00 bits per heavy atom. The lowest BCUT2D eigenvalue weighted by Gasteiger charge is -2.13. The Labute approximate surface area is 118 Å². The molecule has 4 nitrogen and oxygen atoms in total. The van der Waals surface area contributed by atoms with Crippen LogP contribution in [0.2, 0.25) is 5.02 Å². The van der Waals surface area contributed by atoms with Crippen LogP contribution in [0.25, 0.3) is 0 Å². The van der Waals surface area contributed by atoms with E-state index in [1.165, 1.54) is 6.07 Å². The second kappa shape index (κ2) is 7.40. The summed E-state index contributed by atoms with van der Waals surface area (Å²) in [6, 6.07) is 1.45. The van der Waals surface area contributed by atoms with Crippen LogP contribution in [0.5, 0.6) is 0 Å². The van der Waals surface area contributed by atoms with Crippen molar-refractivity contribution in [1.29, 1.82) is 0 Å². The third-order valence-electron chi connectivity index (χ3n) is 2.59. The predicted octanol–water partition coefficient (Wildman–Crippen LogP) is 3.26. The van der Waals surface area contributed by atoms with E-state index in [0.29, 0.717) is 13.2 Å². The maximum Gasteiger partial charge on any atom is 0.169 e. The van der Waals surface area contributed by atoms with E-state index >= 15 is 0 Å². The van der Waals surface area contributed by atoms with Gasteiger partial charge in [-0.3, -0.25) is 0 Å². The normalized spacial score (nSPS) is 11.0. The van der Waals surface area contributed by atoms with E-state index < -0.39 is 5.82 Å². The molecule has 0 aliphatic rings. The zero-order chi connectivity index (χ0) is 14.4. The maximum atomic E-state index is 13.8. The van der Waals surface area contributed by atoms with Crippen molar-refractivity contribution in [3.8, 4) is 0 Å². The van der Waals surface area contributed by atoms with Gasteiger partial charge in [0.2, 0.25) is 0 Å². The van der Waals surface area contributed by atoms with Crippen LogP contribution in [-0.4, -0.2) is 19.3 Å². The fraction of sp³-hybridized carbons (Fsp3) is 0.538. The van der Waals surface area contributed by atoms with E-state index in [2.05, 4.69) is 5.32 Å². The summed E-state index contributed by atoms with van der Waals surface area (Å²) in [5.74, 6) is -0.599. The van der Waals surface area contributed by atoms with Gasteiger partial charge in [0, 0.05) is 13.2 Å². The third-order valence-corrected chi connectivity index (χ3v) is 2.97. The quantitative estimate of drug-likeness (QED) is 0.532. The molecule has 0 saturated carbocycles. The smallest absolute Gasteiger partial charge is 0.169 e. The molecule has 19 heavy (non-hydrogen) atoms. The first-order valence-electron chi connectivity index (χ1n) is 6.32. The number of nitrogens with two attached hydrogens (primary N) is 2. The number of hydrogen-bond donors (Lipinski definition) is 3. The average molecular weight is 290 g/mol. The number of benzene rings is 1. The van der Waals surface area contributed by atoms with Crippen LogP contribution in [0.3, 0.4) is 0 Å². The highest BCUT2D eigenvalue weighted by molar-refractivity contribution is 6.33. The van der Waals surface area contributed by atoms with Gasteiger partial charge in [-0.15, -0.1) is 0 Å². The predicted molar refractivity (Wildman–Crippen MR) is 79.0 cm³/mol. The van der Waals surface area contributed by atoms with Crippen LogP contribution in [0.15, 0.2) is 6.07 Å². The molecular weight excluding hydrogens is 269 g/mol. The molecule has 0 fully saturated rings. The molecule has 6 heteroatoms. The highest BCUT2D eigenvalue weighted by Gasteiger charge is 2.13. The van der Waals surface area contributed by atoms with Gasteiger partial charge in [-0.05, 0) is 32.8 Å². The first-order valence-corrected chi connectivity index (χ1v) is 6.69. The van der Waals surface area contributed by atoms with Crippen molar-refractivity contribution in [2.75, 3.05) is 29.9 Å². The number of hydrogen-bond acceptors (Lipinski definition) is 4. The van der Waals surface area contributed by atoms with Crippen molar-refractivity contribution in [2.24, 2.45) is 0 Å². The van der Waals surface area contributed by atoms with E-state index in [-0.39, 0.29) is 28.2 Å². The number of unbranched alkanes of at least 4 members (excludes halogenated alkanes) is 1. The molecule has 5 N–H and O–H groups in total. The number of nitrogens with one attached hydrogen (secondary N) is 1. The Kier molecular flexibility index (Phi) is 6.18. The van der Waals surface area contributed by atoms with Gasteiger partial charge in [-0.25, -0.2) is 4.39 Å². The first-order chi connectivity index (χ1) is 8.93. The molecule has 0 unspecified atom stereocenters.